The molecular formula is C23H24N2O5S2. The number of unbranched alkanes of at least 4 members (excludes halogenated alkanes) is 2. The molecular weight excluding hydrogens is 448 g/mol. The molecule has 0 fully saturated rings. The minimum Gasteiger partial charge on any atom is -0.492 e. The van der Waals surface area contributed by atoms with Crippen LogP contribution in [0.5, 0.6) is 5.75 Å². The van der Waals surface area contributed by atoms with Gasteiger partial charge < -0.3 is 10.3 Å². The van der Waals surface area contributed by atoms with E-state index in [1.807, 2.05) is 6.92 Å². The Labute approximate surface area is 188 Å². The van der Waals surface area contributed by atoms with Crippen LogP contribution in [0, 0.1) is 6.92 Å². The van der Waals surface area contributed by atoms with Gasteiger partial charge in [-0.3, -0.25) is 0 Å². The number of nitrogens with zero attached hydrogens (tertiary/aromatic N) is 2. The third-order valence-corrected chi connectivity index (χ3v) is 9.14. The van der Waals surface area contributed by atoms with Gasteiger partial charge in [0, 0.05) is 0 Å². The lowest BCUT2D eigenvalue weighted by Crippen LogP contribution is -2.27. The van der Waals surface area contributed by atoms with Crippen molar-refractivity contribution in [1.82, 2.24) is 0 Å². The molecule has 0 bridgehead atoms. The van der Waals surface area contributed by atoms with Gasteiger partial charge in [0.25, 0.3) is 19.7 Å². The number of benzene rings is 3. The first-order valence-electron chi connectivity index (χ1n) is 10.2. The van der Waals surface area contributed by atoms with E-state index in [-0.39, 0.29) is 22.1 Å². The smallest absolute Gasteiger partial charge is 0.492 e. The molecule has 3 aromatic carbocycles. The largest absolute Gasteiger partial charge is 0.504 e. The molecule has 168 valence electrons. The maximum Gasteiger partial charge on any atom is 0.504 e. The van der Waals surface area contributed by atoms with Crippen molar-refractivity contribution in [1.29, 1.82) is 0 Å². The fourth-order valence-electron chi connectivity index (χ4n) is 3.26. The van der Waals surface area contributed by atoms with E-state index >= 15 is 0 Å². The van der Waals surface area contributed by atoms with Gasteiger partial charge in [-0.25, -0.2) is 16.8 Å². The molecule has 32 heavy (non-hydrogen) atoms. The summed E-state index contributed by atoms with van der Waals surface area (Å²) in [6.45, 7) is 3.99. The highest BCUT2D eigenvalue weighted by molar-refractivity contribution is 8.31. The Balaban J connectivity index is 2.08. The van der Waals surface area contributed by atoms with Crippen molar-refractivity contribution in [3.63, 3.8) is 0 Å². The van der Waals surface area contributed by atoms with Crippen molar-refractivity contribution in [3.8, 4) is 5.75 Å². The Morgan fingerprint density at radius 1 is 0.906 bits per heavy atom. The predicted octanol–water partition coefficient (Wildman–Crippen LogP) is 4.55. The molecule has 0 aliphatic heterocycles. The number of aryl methyl sites for hydroxylation is 1. The molecule has 0 heterocycles. The van der Waals surface area contributed by atoms with E-state index in [0.717, 1.165) is 24.6 Å². The van der Waals surface area contributed by atoms with Crippen molar-refractivity contribution in [2.45, 2.75) is 42.9 Å². The average Bonchev–Trinajstić information content (AvgIpc) is 2.77. The van der Waals surface area contributed by atoms with Crippen LogP contribution in [0.4, 0.5) is 0 Å². The number of fused-ring (bicyclic) bond motifs is 1. The van der Waals surface area contributed by atoms with Crippen LogP contribution in [0.3, 0.4) is 0 Å². The first-order chi connectivity index (χ1) is 15.2. The lowest BCUT2D eigenvalue weighted by molar-refractivity contribution is 0.00379. The highest BCUT2D eigenvalue weighted by Gasteiger charge is 2.45. The Kier molecular flexibility index (Phi) is 7.13. The molecule has 3 aromatic rings. The zero-order valence-corrected chi connectivity index (χ0v) is 19.5. The third kappa shape index (κ3) is 4.75. The summed E-state index contributed by atoms with van der Waals surface area (Å²) >= 11 is 0. The van der Waals surface area contributed by atoms with Gasteiger partial charge in [-0.15, -0.1) is 4.79 Å². The van der Waals surface area contributed by atoms with Crippen LogP contribution >= 0.6 is 0 Å². The van der Waals surface area contributed by atoms with E-state index in [1.54, 1.807) is 43.3 Å². The second-order valence-electron chi connectivity index (χ2n) is 7.39. The molecule has 3 rings (SSSR count). The standard InChI is InChI=1S/C23H24N2O5S2/c1-3-4-7-14-30-21-13-10-17(2)15-22(21)32(28,29)23(25-24)31(26,27)20-12-11-18-8-5-6-9-19(18)16-20/h5-6,8-13,15-16H,3-4,7,14H2,1-2H3. The monoisotopic (exact) mass is 472 g/mol. The van der Waals surface area contributed by atoms with Crippen LogP contribution in [-0.2, 0) is 19.7 Å². The Morgan fingerprint density at radius 2 is 1.62 bits per heavy atom. The molecule has 0 saturated heterocycles. The van der Waals surface area contributed by atoms with E-state index in [1.165, 1.54) is 24.3 Å². The lowest BCUT2D eigenvalue weighted by Gasteiger charge is -2.11. The van der Waals surface area contributed by atoms with Gasteiger partial charge in [0.05, 0.1) is 11.5 Å². The molecule has 0 aliphatic rings. The first kappa shape index (κ1) is 23.7. The van der Waals surface area contributed by atoms with E-state index in [2.05, 4.69) is 4.79 Å². The van der Waals surface area contributed by atoms with Gasteiger partial charge in [0.15, 0.2) is 0 Å². The van der Waals surface area contributed by atoms with E-state index in [9.17, 15) is 22.4 Å². The summed E-state index contributed by atoms with van der Waals surface area (Å²) in [5.41, 5.74) is 10.1. The molecule has 0 unspecified atom stereocenters. The summed E-state index contributed by atoms with van der Waals surface area (Å²) in [6, 6.07) is 15.7. The van der Waals surface area contributed by atoms with Gasteiger partial charge in [-0.1, -0.05) is 56.2 Å². The maximum absolute atomic E-state index is 13.4. The number of sulfone groups is 2. The summed E-state index contributed by atoms with van der Waals surface area (Å²) in [4.78, 5) is 2.09. The second kappa shape index (κ2) is 9.65. The Morgan fingerprint density at radius 3 is 2.31 bits per heavy atom. The lowest BCUT2D eigenvalue weighted by atomic mass is 10.1. The number of hydrogen-bond acceptors (Lipinski definition) is 5. The predicted molar refractivity (Wildman–Crippen MR) is 123 cm³/mol. The van der Waals surface area contributed by atoms with Gasteiger partial charge in [-0.05, 0) is 53.9 Å². The molecule has 0 N–H and O–H groups in total. The van der Waals surface area contributed by atoms with Crippen molar-refractivity contribution in [2.24, 2.45) is 0 Å². The van der Waals surface area contributed by atoms with Crippen LogP contribution in [0.25, 0.3) is 16.3 Å². The summed E-state index contributed by atoms with van der Waals surface area (Å²) in [7, 11) is -9.37. The summed E-state index contributed by atoms with van der Waals surface area (Å²) in [5.74, 6) is 0.0153. The molecule has 0 aromatic heterocycles. The van der Waals surface area contributed by atoms with Gasteiger partial charge >= 0.3 is 4.38 Å². The van der Waals surface area contributed by atoms with Gasteiger partial charge in [0.2, 0.25) is 0 Å². The van der Waals surface area contributed by atoms with Crippen molar-refractivity contribution in [2.75, 3.05) is 6.61 Å². The van der Waals surface area contributed by atoms with Crippen LogP contribution in [-0.4, -0.2) is 32.6 Å². The fraction of sp³-hybridized carbons (Fsp3) is 0.261. The highest BCUT2D eigenvalue weighted by Crippen LogP contribution is 2.30. The van der Waals surface area contributed by atoms with Gasteiger partial charge in [-0.2, -0.15) is 0 Å². The third-order valence-electron chi connectivity index (χ3n) is 4.97. The molecule has 0 saturated carbocycles. The van der Waals surface area contributed by atoms with E-state index in [0.29, 0.717) is 10.9 Å². The fourth-order valence-corrected chi connectivity index (χ4v) is 6.84. The summed E-state index contributed by atoms with van der Waals surface area (Å²) in [6.07, 6.45) is 2.60. The van der Waals surface area contributed by atoms with Crippen molar-refractivity contribution < 1.29 is 26.4 Å². The zero-order valence-electron chi connectivity index (χ0n) is 17.9. The van der Waals surface area contributed by atoms with Crippen LogP contribution < -0.4 is 4.74 Å². The van der Waals surface area contributed by atoms with E-state index < -0.39 is 24.1 Å². The number of ether oxygens (including phenoxy) is 1. The Bertz CT molecular complexity index is 1410. The molecule has 0 atom stereocenters. The quantitative estimate of drug-likeness (QED) is 0.164. The molecule has 9 heteroatoms. The number of rotatable bonds is 7. The zero-order chi connectivity index (χ0) is 23.4. The van der Waals surface area contributed by atoms with Crippen molar-refractivity contribution in [3.05, 3.63) is 71.8 Å². The second-order valence-corrected chi connectivity index (χ2v) is 11.3. The minimum atomic E-state index is -4.72. The summed E-state index contributed by atoms with van der Waals surface area (Å²) in [5, 5.41) is 1.40. The Hall–Kier alpha value is -3.00. The molecule has 0 spiro atoms. The molecule has 0 radical (unpaired) electrons. The van der Waals surface area contributed by atoms with Gasteiger partial charge in [0.1, 0.15) is 10.6 Å². The molecule has 0 aliphatic carbocycles. The topological polar surface area (TPSA) is 114 Å². The van der Waals surface area contributed by atoms with Crippen LogP contribution in [0.1, 0.15) is 31.7 Å². The SMILES string of the molecule is CCCCCOc1ccc(C)cc1S(=O)(=O)C(=[N+]=[N-])S(=O)(=O)c1ccc2ccccc2c1. The minimum absolute atomic E-state index is 0.0153. The van der Waals surface area contributed by atoms with Crippen LogP contribution in [0.2, 0.25) is 0 Å². The van der Waals surface area contributed by atoms with Crippen molar-refractivity contribution >= 4 is 34.8 Å². The average molecular weight is 473 g/mol. The molecule has 7 nitrogen and oxygen atoms in total. The normalized spacial score (nSPS) is 11.8. The van der Waals surface area contributed by atoms with Crippen LogP contribution in [0.15, 0.2) is 70.5 Å². The van der Waals surface area contributed by atoms with E-state index in [4.69, 9.17) is 4.74 Å². The maximum atomic E-state index is 13.4. The highest BCUT2D eigenvalue weighted by atomic mass is 32.3. The first-order valence-corrected chi connectivity index (χ1v) is 13.1. The number of hydrogen-bond donors (Lipinski definition) is 0. The summed E-state index contributed by atoms with van der Waals surface area (Å²) < 4.78 is 57.4. The molecule has 0 amide bonds.